The Bertz CT molecular complexity index is 187. The van der Waals surface area contributed by atoms with Crippen molar-refractivity contribution in [2.24, 2.45) is 0 Å². The summed E-state index contributed by atoms with van der Waals surface area (Å²) in [4.78, 5) is 13.7. The van der Waals surface area contributed by atoms with Crippen molar-refractivity contribution < 1.29 is 4.79 Å². The highest BCUT2D eigenvalue weighted by atomic mass is 32.1. The van der Waals surface area contributed by atoms with E-state index in [-0.39, 0.29) is 0 Å². The molecule has 1 heterocycles. The van der Waals surface area contributed by atoms with Crippen LogP contribution in [0.15, 0.2) is 6.33 Å². The van der Waals surface area contributed by atoms with Crippen molar-refractivity contribution in [3.63, 3.8) is 0 Å². The Hall–Kier alpha value is -0.970. The van der Waals surface area contributed by atoms with Crippen LogP contribution in [0.2, 0.25) is 0 Å². The second-order valence-electron chi connectivity index (χ2n) is 1.66. The maximum absolute atomic E-state index is 9.79. The number of rotatable bonds is 4. The summed E-state index contributed by atoms with van der Waals surface area (Å²) in [5.41, 5.74) is 0. The van der Waals surface area contributed by atoms with Gasteiger partial charge in [0.2, 0.25) is 6.41 Å². The summed E-state index contributed by atoms with van der Waals surface area (Å²) in [5, 5.41) is 3.50. The second-order valence-corrected chi connectivity index (χ2v) is 2.52. The van der Waals surface area contributed by atoms with Gasteiger partial charge in [-0.1, -0.05) is 0 Å². The first kappa shape index (κ1) is 7.14. The number of amides is 1. The van der Waals surface area contributed by atoms with E-state index < -0.39 is 0 Å². The number of hydrogen-bond donors (Lipinski definition) is 1. The SMILES string of the molecule is O=CNCCc1ncns1. The van der Waals surface area contributed by atoms with E-state index in [0.717, 1.165) is 11.4 Å². The normalized spacial score (nSPS) is 9.20. The molecule has 5 heteroatoms. The van der Waals surface area contributed by atoms with Gasteiger partial charge >= 0.3 is 0 Å². The second kappa shape index (κ2) is 3.94. The lowest BCUT2D eigenvalue weighted by Crippen LogP contribution is -2.14. The van der Waals surface area contributed by atoms with Gasteiger partial charge in [0.05, 0.1) is 0 Å². The van der Waals surface area contributed by atoms with Crippen LogP contribution in [0, 0.1) is 0 Å². The molecule has 0 saturated carbocycles. The molecule has 0 bridgehead atoms. The van der Waals surface area contributed by atoms with Crippen molar-refractivity contribution in [3.05, 3.63) is 11.3 Å². The first-order valence-corrected chi connectivity index (χ1v) is 3.63. The number of hydrogen-bond acceptors (Lipinski definition) is 4. The molecule has 1 aromatic heterocycles. The number of carbonyl (C=O) groups excluding carboxylic acids is 1. The molecule has 1 N–H and O–H groups in total. The molecule has 0 saturated heterocycles. The van der Waals surface area contributed by atoms with Crippen LogP contribution in [0.4, 0.5) is 0 Å². The fourth-order valence-corrected chi connectivity index (χ4v) is 1.05. The molecule has 0 spiro atoms. The highest BCUT2D eigenvalue weighted by Gasteiger charge is 1.93. The molecule has 0 aliphatic rings. The van der Waals surface area contributed by atoms with Gasteiger partial charge in [-0.15, -0.1) is 0 Å². The van der Waals surface area contributed by atoms with Crippen LogP contribution in [0.5, 0.6) is 0 Å². The standard InChI is InChI=1S/C5H7N3OS/c9-4-6-2-1-5-7-3-8-10-5/h3-4H,1-2H2,(H,6,9). The first-order chi connectivity index (χ1) is 4.93. The summed E-state index contributed by atoms with van der Waals surface area (Å²) >= 11 is 1.36. The molecule has 1 rings (SSSR count). The summed E-state index contributed by atoms with van der Waals surface area (Å²) in [7, 11) is 0. The largest absolute Gasteiger partial charge is 0.358 e. The quantitative estimate of drug-likeness (QED) is 0.487. The van der Waals surface area contributed by atoms with E-state index in [2.05, 4.69) is 14.7 Å². The third-order valence-electron chi connectivity index (χ3n) is 0.973. The Balaban J connectivity index is 2.21. The smallest absolute Gasteiger partial charge is 0.207 e. The van der Waals surface area contributed by atoms with Crippen LogP contribution in [0.25, 0.3) is 0 Å². The Morgan fingerprint density at radius 3 is 3.30 bits per heavy atom. The lowest BCUT2D eigenvalue weighted by Gasteiger charge is -1.91. The molecule has 4 nitrogen and oxygen atoms in total. The Labute approximate surface area is 62.5 Å². The van der Waals surface area contributed by atoms with E-state index in [1.807, 2.05) is 0 Å². The molecule has 1 amide bonds. The molecule has 10 heavy (non-hydrogen) atoms. The molecule has 0 unspecified atom stereocenters. The van der Waals surface area contributed by atoms with Crippen molar-refractivity contribution in [3.8, 4) is 0 Å². The van der Waals surface area contributed by atoms with Gasteiger partial charge in [-0.05, 0) is 11.5 Å². The zero-order valence-electron chi connectivity index (χ0n) is 5.28. The molecule has 0 fully saturated rings. The fraction of sp³-hybridized carbons (Fsp3) is 0.400. The number of nitrogens with one attached hydrogen (secondary N) is 1. The highest BCUT2D eigenvalue weighted by Crippen LogP contribution is 1.98. The minimum atomic E-state index is 0.638. The molecule has 0 aliphatic heterocycles. The van der Waals surface area contributed by atoms with Gasteiger partial charge in [0, 0.05) is 13.0 Å². The minimum absolute atomic E-state index is 0.638. The van der Waals surface area contributed by atoms with E-state index in [4.69, 9.17) is 0 Å². The lowest BCUT2D eigenvalue weighted by atomic mass is 10.4. The van der Waals surface area contributed by atoms with Crippen LogP contribution in [-0.4, -0.2) is 22.3 Å². The summed E-state index contributed by atoms with van der Waals surface area (Å²) in [6.07, 6.45) is 2.96. The monoisotopic (exact) mass is 157 g/mol. The van der Waals surface area contributed by atoms with Gasteiger partial charge in [-0.25, -0.2) is 4.98 Å². The van der Waals surface area contributed by atoms with Crippen molar-refractivity contribution in [2.75, 3.05) is 6.54 Å². The summed E-state index contributed by atoms with van der Waals surface area (Å²) in [6.45, 7) is 0.638. The fourth-order valence-electron chi connectivity index (χ4n) is 0.544. The van der Waals surface area contributed by atoms with Crippen molar-refractivity contribution in [2.45, 2.75) is 6.42 Å². The Morgan fingerprint density at radius 2 is 2.70 bits per heavy atom. The van der Waals surface area contributed by atoms with Crippen LogP contribution < -0.4 is 5.32 Å². The molecule has 0 aromatic carbocycles. The van der Waals surface area contributed by atoms with Crippen LogP contribution in [-0.2, 0) is 11.2 Å². The maximum Gasteiger partial charge on any atom is 0.207 e. The van der Waals surface area contributed by atoms with Gasteiger partial charge in [-0.2, -0.15) is 4.37 Å². The average Bonchev–Trinajstić information content (AvgIpc) is 2.41. The number of carbonyl (C=O) groups is 1. The van der Waals surface area contributed by atoms with Gasteiger partial charge in [0.15, 0.2) is 0 Å². The van der Waals surface area contributed by atoms with E-state index in [9.17, 15) is 4.79 Å². The summed E-state index contributed by atoms with van der Waals surface area (Å²) in [6, 6.07) is 0. The molecule has 1 aromatic rings. The predicted molar refractivity (Wildman–Crippen MR) is 37.7 cm³/mol. The molecular formula is C5H7N3OS. The van der Waals surface area contributed by atoms with Gasteiger partial charge in [-0.3, -0.25) is 4.79 Å². The Morgan fingerprint density at radius 1 is 1.80 bits per heavy atom. The third-order valence-corrected chi connectivity index (χ3v) is 1.69. The van der Waals surface area contributed by atoms with Gasteiger partial charge in [0.1, 0.15) is 11.3 Å². The van der Waals surface area contributed by atoms with E-state index in [1.165, 1.54) is 17.9 Å². The van der Waals surface area contributed by atoms with E-state index >= 15 is 0 Å². The highest BCUT2D eigenvalue weighted by molar-refractivity contribution is 7.05. The first-order valence-electron chi connectivity index (χ1n) is 2.86. The predicted octanol–water partition coefficient (Wildman–Crippen LogP) is -0.173. The van der Waals surface area contributed by atoms with Gasteiger partial charge < -0.3 is 5.32 Å². The van der Waals surface area contributed by atoms with Crippen LogP contribution in [0.1, 0.15) is 5.01 Å². The van der Waals surface area contributed by atoms with E-state index in [1.54, 1.807) is 0 Å². The molecule has 0 atom stereocenters. The Kier molecular flexibility index (Phi) is 2.82. The van der Waals surface area contributed by atoms with Crippen molar-refractivity contribution in [1.29, 1.82) is 0 Å². The summed E-state index contributed by atoms with van der Waals surface area (Å²) < 4.78 is 3.82. The van der Waals surface area contributed by atoms with Crippen molar-refractivity contribution >= 4 is 17.9 Å². The average molecular weight is 157 g/mol. The molecule has 54 valence electrons. The van der Waals surface area contributed by atoms with Crippen LogP contribution in [0.3, 0.4) is 0 Å². The molecule has 0 aliphatic carbocycles. The minimum Gasteiger partial charge on any atom is -0.358 e. The molecule has 0 radical (unpaired) electrons. The zero-order valence-corrected chi connectivity index (χ0v) is 6.10. The van der Waals surface area contributed by atoms with Gasteiger partial charge in [0.25, 0.3) is 0 Å². The summed E-state index contributed by atoms with van der Waals surface area (Å²) in [5.74, 6) is 0. The zero-order chi connectivity index (χ0) is 7.23. The van der Waals surface area contributed by atoms with E-state index in [0.29, 0.717) is 13.0 Å². The lowest BCUT2D eigenvalue weighted by molar-refractivity contribution is -0.109. The van der Waals surface area contributed by atoms with Crippen LogP contribution >= 0.6 is 11.5 Å². The van der Waals surface area contributed by atoms with Crippen molar-refractivity contribution in [1.82, 2.24) is 14.7 Å². The number of aromatic nitrogens is 2. The third kappa shape index (κ3) is 2.10. The topological polar surface area (TPSA) is 54.9 Å². The molecular weight excluding hydrogens is 150 g/mol. The maximum atomic E-state index is 9.79. The number of nitrogens with zero attached hydrogens (tertiary/aromatic N) is 2.